The number of hydrogen-bond acceptors (Lipinski definition) is 5. The summed E-state index contributed by atoms with van der Waals surface area (Å²) in [5.41, 5.74) is 0.640. The van der Waals surface area contributed by atoms with Gasteiger partial charge in [0.2, 0.25) is 5.88 Å². The molecule has 1 saturated carbocycles. The number of nitrogens with zero attached hydrogens (tertiary/aromatic N) is 3. The van der Waals surface area contributed by atoms with Crippen molar-refractivity contribution in [3.63, 3.8) is 0 Å². The number of pyridine rings is 1. The van der Waals surface area contributed by atoms with Crippen molar-refractivity contribution in [3.8, 4) is 5.88 Å². The van der Waals surface area contributed by atoms with Gasteiger partial charge in [-0.25, -0.2) is 4.98 Å². The first-order valence-corrected chi connectivity index (χ1v) is 9.53. The molecule has 1 aromatic rings. The predicted molar refractivity (Wildman–Crippen MR) is 93.8 cm³/mol. The van der Waals surface area contributed by atoms with Crippen molar-refractivity contribution in [2.45, 2.75) is 44.2 Å². The molecule has 6 heteroatoms. The lowest BCUT2D eigenvalue weighted by Gasteiger charge is -2.42. The molecule has 2 aliphatic heterocycles. The maximum Gasteiger partial charge on any atom is 0.255 e. The lowest BCUT2D eigenvalue weighted by molar-refractivity contribution is 0.0454. The SMILES string of the molecule is O=C(c1ccc(OC[C@@H]2CCCO2)nc1)N1CCN(C2CCC2)CC1. The molecule has 3 fully saturated rings. The van der Waals surface area contributed by atoms with E-state index in [0.717, 1.165) is 51.7 Å². The van der Waals surface area contributed by atoms with Gasteiger partial charge in [0.05, 0.1) is 11.7 Å². The molecule has 6 nitrogen and oxygen atoms in total. The summed E-state index contributed by atoms with van der Waals surface area (Å²) >= 11 is 0. The van der Waals surface area contributed by atoms with Crippen molar-refractivity contribution >= 4 is 5.91 Å². The van der Waals surface area contributed by atoms with Crippen LogP contribution < -0.4 is 4.74 Å². The highest BCUT2D eigenvalue weighted by Crippen LogP contribution is 2.25. The molecule has 0 bridgehead atoms. The van der Waals surface area contributed by atoms with Crippen LogP contribution in [-0.4, -0.2) is 72.2 Å². The number of aromatic nitrogens is 1. The van der Waals surface area contributed by atoms with E-state index in [2.05, 4.69) is 9.88 Å². The Hall–Kier alpha value is -1.66. The van der Waals surface area contributed by atoms with Gasteiger partial charge in [0.25, 0.3) is 5.91 Å². The quantitative estimate of drug-likeness (QED) is 0.816. The number of ether oxygens (including phenoxy) is 2. The smallest absolute Gasteiger partial charge is 0.255 e. The van der Waals surface area contributed by atoms with Crippen molar-refractivity contribution in [2.75, 3.05) is 39.4 Å². The van der Waals surface area contributed by atoms with Crippen molar-refractivity contribution in [1.29, 1.82) is 0 Å². The van der Waals surface area contributed by atoms with Gasteiger partial charge in [0.1, 0.15) is 6.61 Å². The second kappa shape index (κ2) is 7.70. The summed E-state index contributed by atoms with van der Waals surface area (Å²) in [5, 5.41) is 0. The Kier molecular flexibility index (Phi) is 5.17. The summed E-state index contributed by atoms with van der Waals surface area (Å²) in [4.78, 5) is 21.4. The molecule has 3 heterocycles. The average molecular weight is 345 g/mol. The summed E-state index contributed by atoms with van der Waals surface area (Å²) < 4.78 is 11.2. The number of hydrogen-bond donors (Lipinski definition) is 0. The Balaban J connectivity index is 1.27. The summed E-state index contributed by atoms with van der Waals surface area (Å²) in [5.74, 6) is 0.633. The van der Waals surface area contributed by atoms with Crippen molar-refractivity contribution in [2.24, 2.45) is 0 Å². The second-order valence-corrected chi connectivity index (χ2v) is 7.24. The van der Waals surface area contributed by atoms with E-state index in [9.17, 15) is 4.79 Å². The van der Waals surface area contributed by atoms with Gasteiger partial charge in [-0.3, -0.25) is 9.69 Å². The van der Waals surface area contributed by atoms with Crippen LogP contribution in [-0.2, 0) is 4.74 Å². The Labute approximate surface area is 149 Å². The van der Waals surface area contributed by atoms with Crippen LogP contribution in [0.2, 0.25) is 0 Å². The third kappa shape index (κ3) is 3.96. The van der Waals surface area contributed by atoms with Gasteiger partial charge in [0.15, 0.2) is 0 Å². The van der Waals surface area contributed by atoms with Gasteiger partial charge in [-0.15, -0.1) is 0 Å². The lowest BCUT2D eigenvalue weighted by atomic mass is 9.91. The largest absolute Gasteiger partial charge is 0.475 e. The first kappa shape index (κ1) is 16.8. The molecule has 136 valence electrons. The number of piperazine rings is 1. The predicted octanol–water partition coefficient (Wildman–Crippen LogP) is 1.95. The maximum absolute atomic E-state index is 12.6. The minimum atomic E-state index is 0.0754. The molecule has 0 radical (unpaired) electrons. The standard InChI is InChI=1S/C19H27N3O3/c23-19(22-10-8-21(9-11-22)16-3-1-4-16)15-6-7-18(20-13-15)25-14-17-5-2-12-24-17/h6-7,13,16-17H,1-5,8-12,14H2/t17-/m0/s1. The summed E-state index contributed by atoms with van der Waals surface area (Å²) in [6.45, 7) is 4.96. The van der Waals surface area contributed by atoms with E-state index >= 15 is 0 Å². The van der Waals surface area contributed by atoms with Gasteiger partial charge < -0.3 is 14.4 Å². The third-order valence-corrected chi connectivity index (χ3v) is 5.62. The summed E-state index contributed by atoms with van der Waals surface area (Å²) in [6, 6.07) is 4.37. The molecule has 1 aromatic heterocycles. The first-order chi connectivity index (χ1) is 12.3. The van der Waals surface area contributed by atoms with Crippen LogP contribution in [0.15, 0.2) is 18.3 Å². The van der Waals surface area contributed by atoms with Crippen LogP contribution in [0.1, 0.15) is 42.5 Å². The van der Waals surface area contributed by atoms with E-state index in [-0.39, 0.29) is 12.0 Å². The highest BCUT2D eigenvalue weighted by Gasteiger charge is 2.29. The molecule has 25 heavy (non-hydrogen) atoms. The van der Waals surface area contributed by atoms with Crippen molar-refractivity contribution in [1.82, 2.24) is 14.8 Å². The molecule has 1 amide bonds. The Bertz CT molecular complexity index is 574. The van der Waals surface area contributed by atoms with E-state index in [4.69, 9.17) is 9.47 Å². The Morgan fingerprint density at radius 3 is 2.60 bits per heavy atom. The first-order valence-electron chi connectivity index (χ1n) is 9.53. The molecular weight excluding hydrogens is 318 g/mol. The zero-order chi connectivity index (χ0) is 17.1. The topological polar surface area (TPSA) is 54.9 Å². The molecule has 1 atom stereocenters. The van der Waals surface area contributed by atoms with Gasteiger partial charge >= 0.3 is 0 Å². The Morgan fingerprint density at radius 2 is 2.00 bits per heavy atom. The van der Waals surface area contributed by atoms with Gasteiger partial charge in [-0.2, -0.15) is 0 Å². The van der Waals surface area contributed by atoms with Crippen LogP contribution in [0.4, 0.5) is 0 Å². The van der Waals surface area contributed by atoms with E-state index in [1.807, 2.05) is 11.0 Å². The molecule has 1 aliphatic carbocycles. The number of amides is 1. The van der Waals surface area contributed by atoms with Crippen LogP contribution >= 0.6 is 0 Å². The zero-order valence-electron chi connectivity index (χ0n) is 14.7. The monoisotopic (exact) mass is 345 g/mol. The normalized spacial score (nSPS) is 25.0. The minimum absolute atomic E-state index is 0.0754. The minimum Gasteiger partial charge on any atom is -0.475 e. The molecule has 0 N–H and O–H groups in total. The molecule has 0 spiro atoms. The van der Waals surface area contributed by atoms with Gasteiger partial charge in [-0.1, -0.05) is 6.42 Å². The van der Waals surface area contributed by atoms with Crippen molar-refractivity contribution in [3.05, 3.63) is 23.9 Å². The number of rotatable bonds is 5. The highest BCUT2D eigenvalue weighted by atomic mass is 16.5. The third-order valence-electron chi connectivity index (χ3n) is 5.62. The molecule has 4 rings (SSSR count). The van der Waals surface area contributed by atoms with Crippen LogP contribution in [0, 0.1) is 0 Å². The van der Waals surface area contributed by atoms with Crippen LogP contribution in [0.3, 0.4) is 0 Å². The van der Waals surface area contributed by atoms with Gasteiger partial charge in [-0.05, 0) is 31.7 Å². The van der Waals surface area contributed by atoms with E-state index in [1.54, 1.807) is 12.3 Å². The van der Waals surface area contributed by atoms with Gasteiger partial charge in [0, 0.05) is 51.1 Å². The van der Waals surface area contributed by atoms with Crippen molar-refractivity contribution < 1.29 is 14.3 Å². The van der Waals surface area contributed by atoms with E-state index in [0.29, 0.717) is 18.1 Å². The fourth-order valence-corrected chi connectivity index (χ4v) is 3.77. The lowest BCUT2D eigenvalue weighted by Crippen LogP contribution is -2.53. The van der Waals surface area contributed by atoms with E-state index < -0.39 is 0 Å². The summed E-state index contributed by atoms with van der Waals surface area (Å²) in [7, 11) is 0. The zero-order valence-corrected chi connectivity index (χ0v) is 14.7. The van der Waals surface area contributed by atoms with E-state index in [1.165, 1.54) is 19.3 Å². The number of carbonyl (C=O) groups is 1. The number of carbonyl (C=O) groups excluding carboxylic acids is 1. The molecule has 3 aliphatic rings. The second-order valence-electron chi connectivity index (χ2n) is 7.24. The fourth-order valence-electron chi connectivity index (χ4n) is 3.77. The highest BCUT2D eigenvalue weighted by molar-refractivity contribution is 5.94. The molecule has 0 unspecified atom stereocenters. The average Bonchev–Trinajstić information content (AvgIpc) is 3.13. The van der Waals surface area contributed by atoms with Crippen LogP contribution in [0.25, 0.3) is 0 Å². The molecule has 2 saturated heterocycles. The molecule has 0 aromatic carbocycles. The molecular formula is C19H27N3O3. The van der Waals surface area contributed by atoms with Crippen LogP contribution in [0.5, 0.6) is 5.88 Å². The maximum atomic E-state index is 12.6. The fraction of sp³-hybridized carbons (Fsp3) is 0.684. The summed E-state index contributed by atoms with van der Waals surface area (Å²) in [6.07, 6.45) is 7.96. The Morgan fingerprint density at radius 1 is 1.16 bits per heavy atom.